The minimum absolute atomic E-state index is 0.132. The maximum absolute atomic E-state index is 12.9. The summed E-state index contributed by atoms with van der Waals surface area (Å²) >= 11 is 0. The van der Waals surface area contributed by atoms with Crippen LogP contribution in [0.25, 0.3) is 0 Å². The Hall–Kier alpha value is -2.69. The number of benzene rings is 1. The van der Waals surface area contributed by atoms with Gasteiger partial charge in [0.1, 0.15) is 0 Å². The molecule has 1 aliphatic heterocycles. The lowest BCUT2D eigenvalue weighted by molar-refractivity contribution is -0.213. The van der Waals surface area contributed by atoms with E-state index in [9.17, 15) is 4.79 Å². The summed E-state index contributed by atoms with van der Waals surface area (Å²) in [5.41, 5.74) is 2.60. The van der Waals surface area contributed by atoms with Crippen LogP contribution in [0.1, 0.15) is 47.3 Å². The molecule has 1 spiro atoms. The minimum atomic E-state index is -0.324. The number of aromatic nitrogens is 3. The highest BCUT2D eigenvalue weighted by atomic mass is 16.7. The van der Waals surface area contributed by atoms with Gasteiger partial charge in [0.2, 0.25) is 0 Å². The first-order valence-electron chi connectivity index (χ1n) is 10.6. The van der Waals surface area contributed by atoms with E-state index in [1.54, 1.807) is 11.7 Å². The SMILES string of the molecule is Cc1c(N(C)C(=O)c2ccc(C#CC3CC3)cc2)nnn1CC1OCC2(CC2)CO1. The van der Waals surface area contributed by atoms with Gasteiger partial charge in [0.25, 0.3) is 5.91 Å². The van der Waals surface area contributed by atoms with Gasteiger partial charge in [-0.3, -0.25) is 9.69 Å². The lowest BCUT2D eigenvalue weighted by Crippen LogP contribution is -2.36. The zero-order valence-corrected chi connectivity index (χ0v) is 17.4. The van der Waals surface area contributed by atoms with Crippen LogP contribution in [0.15, 0.2) is 24.3 Å². The Balaban J connectivity index is 1.23. The molecule has 1 aromatic heterocycles. The van der Waals surface area contributed by atoms with Crippen molar-refractivity contribution in [3.8, 4) is 11.8 Å². The zero-order valence-electron chi connectivity index (χ0n) is 17.4. The Labute approximate surface area is 176 Å². The van der Waals surface area contributed by atoms with Crippen LogP contribution in [0.3, 0.4) is 0 Å². The summed E-state index contributed by atoms with van der Waals surface area (Å²) in [6, 6.07) is 7.41. The number of anilines is 1. The Morgan fingerprint density at radius 2 is 1.93 bits per heavy atom. The summed E-state index contributed by atoms with van der Waals surface area (Å²) in [6.07, 6.45) is 4.46. The quantitative estimate of drug-likeness (QED) is 0.731. The Morgan fingerprint density at radius 1 is 1.23 bits per heavy atom. The van der Waals surface area contributed by atoms with Crippen LogP contribution in [-0.2, 0) is 16.0 Å². The van der Waals surface area contributed by atoms with E-state index < -0.39 is 0 Å². The van der Waals surface area contributed by atoms with E-state index in [2.05, 4.69) is 22.2 Å². The first-order valence-corrected chi connectivity index (χ1v) is 10.6. The second kappa shape index (κ2) is 7.53. The van der Waals surface area contributed by atoms with Gasteiger partial charge >= 0.3 is 0 Å². The van der Waals surface area contributed by atoms with Crippen molar-refractivity contribution in [3.63, 3.8) is 0 Å². The average molecular weight is 406 g/mol. The Morgan fingerprint density at radius 3 is 2.57 bits per heavy atom. The molecule has 3 fully saturated rings. The largest absolute Gasteiger partial charge is 0.350 e. The molecule has 30 heavy (non-hydrogen) atoms. The van der Waals surface area contributed by atoms with Gasteiger partial charge in [-0.25, -0.2) is 4.68 Å². The Kier molecular flexibility index (Phi) is 4.84. The van der Waals surface area contributed by atoms with E-state index in [1.807, 2.05) is 31.2 Å². The van der Waals surface area contributed by atoms with Gasteiger partial charge in [-0.05, 0) is 56.9 Å². The molecule has 156 valence electrons. The maximum Gasteiger partial charge on any atom is 0.259 e. The highest BCUT2D eigenvalue weighted by Crippen LogP contribution is 2.48. The number of hydrogen-bond acceptors (Lipinski definition) is 5. The molecule has 1 aromatic carbocycles. The number of hydrogen-bond donors (Lipinski definition) is 0. The molecule has 2 heterocycles. The molecule has 0 radical (unpaired) electrons. The number of carbonyl (C=O) groups is 1. The average Bonchev–Trinajstić information content (AvgIpc) is 3.70. The van der Waals surface area contributed by atoms with E-state index in [0.29, 0.717) is 23.8 Å². The zero-order chi connectivity index (χ0) is 20.7. The van der Waals surface area contributed by atoms with Crippen LogP contribution in [0.5, 0.6) is 0 Å². The Bertz CT molecular complexity index is 999. The monoisotopic (exact) mass is 406 g/mol. The molecule has 1 amide bonds. The number of nitrogens with zero attached hydrogens (tertiary/aromatic N) is 4. The molecule has 0 unspecified atom stereocenters. The predicted octanol–water partition coefficient (Wildman–Crippen LogP) is 2.78. The van der Waals surface area contributed by atoms with Gasteiger partial charge in [0.05, 0.1) is 25.5 Å². The lowest BCUT2D eigenvalue weighted by atomic mass is 10.1. The smallest absolute Gasteiger partial charge is 0.259 e. The molecule has 3 aliphatic rings. The van der Waals surface area contributed by atoms with Crippen molar-refractivity contribution >= 4 is 11.7 Å². The molecular formula is C23H26N4O3. The summed E-state index contributed by atoms with van der Waals surface area (Å²) in [4.78, 5) is 14.5. The first-order chi connectivity index (χ1) is 14.5. The number of amides is 1. The fraction of sp³-hybridized carbons (Fsp3) is 0.522. The fourth-order valence-electron chi connectivity index (χ4n) is 3.57. The van der Waals surface area contributed by atoms with Gasteiger partial charge in [-0.15, -0.1) is 5.10 Å². The molecular weight excluding hydrogens is 380 g/mol. The number of carbonyl (C=O) groups excluding carboxylic acids is 1. The molecule has 1 saturated heterocycles. The molecule has 7 heteroatoms. The third-order valence-electron chi connectivity index (χ3n) is 6.14. The topological polar surface area (TPSA) is 69.5 Å². The van der Waals surface area contributed by atoms with Gasteiger partial charge in [0.15, 0.2) is 12.1 Å². The molecule has 2 saturated carbocycles. The van der Waals surface area contributed by atoms with Crippen LogP contribution in [0.4, 0.5) is 5.82 Å². The van der Waals surface area contributed by atoms with Crippen molar-refractivity contribution in [2.24, 2.45) is 11.3 Å². The maximum atomic E-state index is 12.9. The number of rotatable bonds is 4. The lowest BCUT2D eigenvalue weighted by Gasteiger charge is -2.29. The second-order valence-electron chi connectivity index (χ2n) is 8.72. The molecule has 2 aromatic rings. The van der Waals surface area contributed by atoms with Gasteiger partial charge < -0.3 is 9.47 Å². The summed E-state index contributed by atoms with van der Waals surface area (Å²) in [7, 11) is 1.72. The van der Waals surface area contributed by atoms with E-state index >= 15 is 0 Å². The molecule has 7 nitrogen and oxygen atoms in total. The third-order valence-corrected chi connectivity index (χ3v) is 6.14. The van der Waals surface area contributed by atoms with Crippen LogP contribution in [-0.4, -0.2) is 47.5 Å². The third kappa shape index (κ3) is 3.98. The second-order valence-corrected chi connectivity index (χ2v) is 8.72. The first kappa shape index (κ1) is 19.3. The van der Waals surface area contributed by atoms with Crippen LogP contribution >= 0.6 is 0 Å². The van der Waals surface area contributed by atoms with E-state index in [1.165, 1.54) is 30.6 Å². The van der Waals surface area contributed by atoms with Crippen LogP contribution < -0.4 is 4.90 Å². The van der Waals surface area contributed by atoms with Gasteiger partial charge in [0, 0.05) is 29.5 Å². The summed E-state index contributed by atoms with van der Waals surface area (Å²) in [6.45, 7) is 3.86. The standard InChI is InChI=1S/C23H26N4O3/c1-16-21(24-25-27(16)13-20-29-14-23(11-12-23)15-30-20)26(2)22(28)19-9-7-18(8-10-19)6-5-17-3-4-17/h7-10,17,20H,3-4,11-15H2,1-2H3. The van der Waals surface area contributed by atoms with Crippen LogP contribution in [0.2, 0.25) is 0 Å². The minimum Gasteiger partial charge on any atom is -0.350 e. The van der Waals surface area contributed by atoms with Crippen molar-refractivity contribution in [1.29, 1.82) is 0 Å². The summed E-state index contributed by atoms with van der Waals surface area (Å²) < 4.78 is 13.4. The normalized spacial score (nSPS) is 19.9. The van der Waals surface area contributed by atoms with E-state index in [4.69, 9.17) is 9.47 Å². The van der Waals surface area contributed by atoms with Crippen molar-refractivity contribution in [2.45, 2.75) is 45.4 Å². The highest BCUT2D eigenvalue weighted by molar-refractivity contribution is 6.05. The van der Waals surface area contributed by atoms with Crippen LogP contribution in [0, 0.1) is 30.1 Å². The van der Waals surface area contributed by atoms with Crippen molar-refractivity contribution in [1.82, 2.24) is 15.0 Å². The molecule has 5 rings (SSSR count). The van der Waals surface area contributed by atoms with Crippen molar-refractivity contribution in [3.05, 3.63) is 41.1 Å². The summed E-state index contributed by atoms with van der Waals surface area (Å²) in [5.74, 6) is 7.36. The highest BCUT2D eigenvalue weighted by Gasteiger charge is 2.47. The molecule has 0 atom stereocenters. The molecule has 0 bridgehead atoms. The van der Waals surface area contributed by atoms with Gasteiger partial charge in [-0.1, -0.05) is 17.1 Å². The van der Waals surface area contributed by atoms with Crippen molar-refractivity contribution in [2.75, 3.05) is 25.2 Å². The predicted molar refractivity (Wildman–Crippen MR) is 111 cm³/mol. The van der Waals surface area contributed by atoms with E-state index in [-0.39, 0.29) is 17.6 Å². The van der Waals surface area contributed by atoms with E-state index in [0.717, 1.165) is 24.5 Å². The number of ether oxygens (including phenoxy) is 2. The van der Waals surface area contributed by atoms with Crippen molar-refractivity contribution < 1.29 is 14.3 Å². The fourth-order valence-corrected chi connectivity index (χ4v) is 3.57. The summed E-state index contributed by atoms with van der Waals surface area (Å²) in [5, 5.41) is 8.44. The molecule has 2 aliphatic carbocycles. The van der Waals surface area contributed by atoms with Gasteiger partial charge in [-0.2, -0.15) is 0 Å². The molecule has 0 N–H and O–H groups in total.